The van der Waals surface area contributed by atoms with Gasteiger partial charge in [-0.15, -0.1) is 0 Å². The molecule has 1 saturated heterocycles. The third-order valence-corrected chi connectivity index (χ3v) is 4.53. The van der Waals surface area contributed by atoms with Crippen molar-refractivity contribution in [1.29, 1.82) is 0 Å². The van der Waals surface area contributed by atoms with Gasteiger partial charge in [0, 0.05) is 63.3 Å². The van der Waals surface area contributed by atoms with Crippen molar-refractivity contribution in [3.63, 3.8) is 0 Å². The maximum atomic E-state index is 4.76. The highest BCUT2D eigenvalue weighted by molar-refractivity contribution is 5.57. The van der Waals surface area contributed by atoms with Gasteiger partial charge in [0.25, 0.3) is 0 Å². The first-order valence-corrected chi connectivity index (χ1v) is 8.61. The Kier molecular flexibility index (Phi) is 4.43. The molecule has 0 aliphatic carbocycles. The number of hydrogen-bond acceptors (Lipinski definition) is 5. The minimum Gasteiger partial charge on any atom is -0.354 e. The van der Waals surface area contributed by atoms with Gasteiger partial charge in [-0.3, -0.25) is 9.58 Å². The highest BCUT2D eigenvalue weighted by Crippen LogP contribution is 2.19. The van der Waals surface area contributed by atoms with Gasteiger partial charge in [0.2, 0.25) is 0 Å². The molecular weight excluding hydrogens is 312 g/mol. The standard InChI is InChI=1S/C19H22N6/c1-23-14-16(13-21-23)15-24-9-11-25(12-10-24)18-7-8-20-19(22-18)17-5-3-2-4-6-17/h2-8,13-14H,9-12,15H2,1H3. The number of anilines is 1. The number of nitrogens with zero attached hydrogens (tertiary/aromatic N) is 6. The van der Waals surface area contributed by atoms with Crippen molar-refractivity contribution in [2.45, 2.75) is 6.54 Å². The van der Waals surface area contributed by atoms with E-state index in [9.17, 15) is 0 Å². The molecule has 0 spiro atoms. The Bertz CT molecular complexity index is 821. The van der Waals surface area contributed by atoms with Crippen molar-refractivity contribution in [3.8, 4) is 11.4 Å². The molecule has 2 aromatic heterocycles. The van der Waals surface area contributed by atoms with E-state index in [0.717, 1.165) is 49.9 Å². The monoisotopic (exact) mass is 334 g/mol. The number of aromatic nitrogens is 4. The van der Waals surface area contributed by atoms with Crippen molar-refractivity contribution in [3.05, 3.63) is 60.6 Å². The van der Waals surface area contributed by atoms with E-state index in [1.807, 2.05) is 60.5 Å². The zero-order valence-electron chi connectivity index (χ0n) is 14.4. The summed E-state index contributed by atoms with van der Waals surface area (Å²) in [5.41, 5.74) is 2.32. The maximum Gasteiger partial charge on any atom is 0.161 e. The van der Waals surface area contributed by atoms with Crippen LogP contribution in [0.2, 0.25) is 0 Å². The summed E-state index contributed by atoms with van der Waals surface area (Å²) in [6.07, 6.45) is 5.89. The van der Waals surface area contributed by atoms with Crippen LogP contribution in [-0.4, -0.2) is 50.8 Å². The fraction of sp³-hybridized carbons (Fsp3) is 0.316. The summed E-state index contributed by atoms with van der Waals surface area (Å²) in [5, 5.41) is 4.25. The largest absolute Gasteiger partial charge is 0.354 e. The van der Waals surface area contributed by atoms with Crippen LogP contribution in [0, 0.1) is 0 Å². The fourth-order valence-corrected chi connectivity index (χ4v) is 3.20. The van der Waals surface area contributed by atoms with Crippen LogP contribution < -0.4 is 4.90 Å². The second-order valence-corrected chi connectivity index (χ2v) is 6.39. The third-order valence-electron chi connectivity index (χ3n) is 4.53. The Morgan fingerprint density at radius 2 is 1.80 bits per heavy atom. The summed E-state index contributed by atoms with van der Waals surface area (Å²) in [5.74, 6) is 1.80. The molecule has 0 N–H and O–H groups in total. The summed E-state index contributed by atoms with van der Waals surface area (Å²) in [6.45, 7) is 4.97. The molecule has 25 heavy (non-hydrogen) atoms. The Hall–Kier alpha value is -2.73. The number of rotatable bonds is 4. The van der Waals surface area contributed by atoms with Crippen molar-refractivity contribution in [1.82, 2.24) is 24.6 Å². The van der Waals surface area contributed by atoms with Crippen LogP contribution in [0.15, 0.2) is 55.0 Å². The first kappa shape index (κ1) is 15.8. The second kappa shape index (κ2) is 7.03. The molecule has 6 heteroatoms. The molecule has 0 bridgehead atoms. The molecular formula is C19H22N6. The van der Waals surface area contributed by atoms with Gasteiger partial charge in [0.1, 0.15) is 5.82 Å². The molecule has 0 saturated carbocycles. The first-order chi connectivity index (χ1) is 12.3. The smallest absolute Gasteiger partial charge is 0.161 e. The van der Waals surface area contributed by atoms with Crippen LogP contribution in [0.1, 0.15) is 5.56 Å². The Balaban J connectivity index is 1.41. The highest BCUT2D eigenvalue weighted by atomic mass is 15.3. The average molecular weight is 334 g/mol. The minimum absolute atomic E-state index is 0.788. The van der Waals surface area contributed by atoms with Crippen LogP contribution in [0.5, 0.6) is 0 Å². The highest BCUT2D eigenvalue weighted by Gasteiger charge is 2.19. The average Bonchev–Trinajstić information content (AvgIpc) is 3.08. The molecule has 0 unspecified atom stereocenters. The lowest BCUT2D eigenvalue weighted by atomic mass is 10.2. The molecule has 1 aliphatic rings. The molecule has 3 heterocycles. The van der Waals surface area contributed by atoms with Gasteiger partial charge in [-0.1, -0.05) is 30.3 Å². The number of aryl methyl sites for hydroxylation is 1. The van der Waals surface area contributed by atoms with Crippen LogP contribution in [0.4, 0.5) is 5.82 Å². The lowest BCUT2D eigenvalue weighted by Gasteiger charge is -2.35. The predicted octanol–water partition coefficient (Wildman–Crippen LogP) is 2.20. The van der Waals surface area contributed by atoms with Crippen molar-refractivity contribution in [2.24, 2.45) is 7.05 Å². The van der Waals surface area contributed by atoms with Gasteiger partial charge in [-0.25, -0.2) is 9.97 Å². The Labute approximate surface area is 147 Å². The van der Waals surface area contributed by atoms with E-state index in [1.165, 1.54) is 5.56 Å². The van der Waals surface area contributed by atoms with Crippen LogP contribution in [0.25, 0.3) is 11.4 Å². The fourth-order valence-electron chi connectivity index (χ4n) is 3.20. The predicted molar refractivity (Wildman–Crippen MR) is 98.2 cm³/mol. The van der Waals surface area contributed by atoms with E-state index in [1.54, 1.807) is 0 Å². The van der Waals surface area contributed by atoms with Gasteiger partial charge in [0.05, 0.1) is 6.20 Å². The molecule has 0 atom stereocenters. The van der Waals surface area contributed by atoms with Gasteiger partial charge in [-0.05, 0) is 6.07 Å². The number of hydrogen-bond donors (Lipinski definition) is 0. The summed E-state index contributed by atoms with van der Waals surface area (Å²) in [6, 6.07) is 12.1. The summed E-state index contributed by atoms with van der Waals surface area (Å²) in [7, 11) is 1.96. The number of benzene rings is 1. The SMILES string of the molecule is Cn1cc(CN2CCN(c3ccnc(-c4ccccc4)n3)CC2)cn1. The van der Waals surface area contributed by atoms with Gasteiger partial charge < -0.3 is 4.90 Å². The van der Waals surface area contributed by atoms with Gasteiger partial charge in [0.15, 0.2) is 5.82 Å². The Morgan fingerprint density at radius 1 is 1.00 bits per heavy atom. The van der Waals surface area contributed by atoms with E-state index >= 15 is 0 Å². The summed E-state index contributed by atoms with van der Waals surface area (Å²) < 4.78 is 1.86. The maximum absolute atomic E-state index is 4.76. The van der Waals surface area contributed by atoms with E-state index in [-0.39, 0.29) is 0 Å². The van der Waals surface area contributed by atoms with Gasteiger partial charge in [-0.2, -0.15) is 5.10 Å². The lowest BCUT2D eigenvalue weighted by Crippen LogP contribution is -2.46. The molecule has 1 aliphatic heterocycles. The minimum atomic E-state index is 0.788. The van der Waals surface area contributed by atoms with Crippen LogP contribution in [-0.2, 0) is 13.6 Å². The van der Waals surface area contributed by atoms with Crippen LogP contribution in [0.3, 0.4) is 0 Å². The molecule has 1 aromatic carbocycles. The Morgan fingerprint density at radius 3 is 2.52 bits per heavy atom. The van der Waals surface area contributed by atoms with Crippen molar-refractivity contribution >= 4 is 5.82 Å². The zero-order chi connectivity index (χ0) is 17.1. The summed E-state index contributed by atoms with van der Waals surface area (Å²) in [4.78, 5) is 14.0. The molecule has 1 fully saturated rings. The molecule has 0 radical (unpaired) electrons. The van der Waals surface area contributed by atoms with E-state index in [0.29, 0.717) is 0 Å². The van der Waals surface area contributed by atoms with Crippen molar-refractivity contribution < 1.29 is 0 Å². The van der Waals surface area contributed by atoms with E-state index in [2.05, 4.69) is 26.1 Å². The van der Waals surface area contributed by atoms with Crippen LogP contribution >= 0.6 is 0 Å². The topological polar surface area (TPSA) is 50.1 Å². The second-order valence-electron chi connectivity index (χ2n) is 6.39. The lowest BCUT2D eigenvalue weighted by molar-refractivity contribution is 0.249. The van der Waals surface area contributed by atoms with Crippen molar-refractivity contribution in [2.75, 3.05) is 31.1 Å². The van der Waals surface area contributed by atoms with E-state index < -0.39 is 0 Å². The molecule has 4 rings (SSSR count). The molecule has 0 amide bonds. The quantitative estimate of drug-likeness (QED) is 0.732. The van der Waals surface area contributed by atoms with Gasteiger partial charge >= 0.3 is 0 Å². The summed E-state index contributed by atoms with van der Waals surface area (Å²) >= 11 is 0. The molecule has 3 aromatic rings. The zero-order valence-corrected chi connectivity index (χ0v) is 14.4. The molecule has 6 nitrogen and oxygen atoms in total. The first-order valence-electron chi connectivity index (χ1n) is 8.61. The number of piperazine rings is 1. The molecule has 128 valence electrons. The van der Waals surface area contributed by atoms with E-state index in [4.69, 9.17) is 4.98 Å². The third kappa shape index (κ3) is 3.69. The normalized spacial score (nSPS) is 15.5.